The third-order valence-electron chi connectivity index (χ3n) is 4.04. The zero-order valence-corrected chi connectivity index (χ0v) is 15.0. The lowest BCUT2D eigenvalue weighted by molar-refractivity contribution is -0.137. The molecule has 2 rings (SSSR count). The van der Waals surface area contributed by atoms with Crippen LogP contribution in [0.2, 0.25) is 0 Å². The zero-order chi connectivity index (χ0) is 19.9. The molecule has 2 N–H and O–H groups in total. The normalized spacial score (nSPS) is 19.5. The average molecular weight is 391 g/mol. The molecule has 27 heavy (non-hydrogen) atoms. The van der Waals surface area contributed by atoms with Crippen LogP contribution in [-0.2, 0) is 20.4 Å². The molecule has 0 aliphatic carbocycles. The second kappa shape index (κ2) is 9.91. The smallest absolute Gasteiger partial charge is 0.416 e. The second-order valence-corrected chi connectivity index (χ2v) is 6.35. The van der Waals surface area contributed by atoms with Gasteiger partial charge in [0.1, 0.15) is 24.6 Å². The lowest BCUT2D eigenvalue weighted by Crippen LogP contribution is -2.41. The molecule has 9 heteroatoms. The highest BCUT2D eigenvalue weighted by molar-refractivity contribution is 5.80. The van der Waals surface area contributed by atoms with Gasteiger partial charge in [0.2, 0.25) is 5.91 Å². The van der Waals surface area contributed by atoms with E-state index in [2.05, 4.69) is 5.32 Å². The summed E-state index contributed by atoms with van der Waals surface area (Å²) < 4.78 is 53.9. The maximum atomic E-state index is 12.6. The van der Waals surface area contributed by atoms with Gasteiger partial charge in [-0.3, -0.25) is 4.79 Å². The van der Waals surface area contributed by atoms with Crippen LogP contribution in [0.25, 0.3) is 0 Å². The van der Waals surface area contributed by atoms with Crippen LogP contribution in [0.4, 0.5) is 13.2 Å². The lowest BCUT2D eigenvalue weighted by atomic mass is 10.2. The number of hydrogen-bond acceptors (Lipinski definition) is 5. The van der Waals surface area contributed by atoms with Crippen molar-refractivity contribution in [3.63, 3.8) is 0 Å². The molecule has 0 spiro atoms. The Morgan fingerprint density at radius 1 is 1.44 bits per heavy atom. The molecular weight excluding hydrogens is 367 g/mol. The van der Waals surface area contributed by atoms with Gasteiger partial charge in [0.25, 0.3) is 0 Å². The van der Waals surface area contributed by atoms with Gasteiger partial charge < -0.3 is 24.6 Å². The number of ether oxygens (including phenoxy) is 3. The van der Waals surface area contributed by atoms with Gasteiger partial charge >= 0.3 is 6.18 Å². The summed E-state index contributed by atoms with van der Waals surface area (Å²) >= 11 is 0. The van der Waals surface area contributed by atoms with Gasteiger partial charge in [0.15, 0.2) is 0 Å². The van der Waals surface area contributed by atoms with Crippen LogP contribution in [0.5, 0.6) is 5.75 Å². The monoisotopic (exact) mass is 391 g/mol. The summed E-state index contributed by atoms with van der Waals surface area (Å²) in [5.74, 6) is -0.408. The van der Waals surface area contributed by atoms with Gasteiger partial charge in [-0.1, -0.05) is 6.07 Å². The highest BCUT2D eigenvalue weighted by atomic mass is 19.4. The number of aliphatic hydroxyl groups excluding tert-OH is 1. The van der Waals surface area contributed by atoms with E-state index in [1.54, 1.807) is 6.92 Å². The maximum absolute atomic E-state index is 12.6. The number of carbonyl (C=O) groups excluding carboxylic acids is 1. The van der Waals surface area contributed by atoms with E-state index >= 15 is 0 Å². The predicted octanol–water partition coefficient (Wildman–Crippen LogP) is 2.15. The molecule has 0 saturated carbocycles. The van der Waals surface area contributed by atoms with Crippen molar-refractivity contribution in [2.75, 3.05) is 26.4 Å². The third-order valence-corrected chi connectivity index (χ3v) is 4.04. The SMILES string of the molecule is CC(OCC1CCCO1)C(=O)NCC(O)COc1cccc(C(F)(F)F)c1. The average Bonchev–Trinajstić information content (AvgIpc) is 3.15. The van der Waals surface area contributed by atoms with Gasteiger partial charge in [-0.05, 0) is 38.0 Å². The Bertz CT molecular complexity index is 605. The van der Waals surface area contributed by atoms with E-state index < -0.39 is 29.9 Å². The number of nitrogens with one attached hydrogen (secondary N) is 1. The maximum Gasteiger partial charge on any atom is 0.416 e. The first-order chi connectivity index (χ1) is 12.8. The third kappa shape index (κ3) is 7.36. The van der Waals surface area contributed by atoms with Crippen LogP contribution in [0.3, 0.4) is 0 Å². The molecule has 152 valence electrons. The largest absolute Gasteiger partial charge is 0.491 e. The molecule has 1 heterocycles. The lowest BCUT2D eigenvalue weighted by Gasteiger charge is -2.18. The first-order valence-electron chi connectivity index (χ1n) is 8.74. The fraction of sp³-hybridized carbons (Fsp3) is 0.611. The molecule has 0 radical (unpaired) electrons. The Balaban J connectivity index is 1.67. The Hall–Kier alpha value is -1.84. The van der Waals surface area contributed by atoms with E-state index in [-0.39, 0.29) is 25.0 Å². The topological polar surface area (TPSA) is 77.0 Å². The number of alkyl halides is 3. The van der Waals surface area contributed by atoms with Crippen molar-refractivity contribution in [1.82, 2.24) is 5.32 Å². The van der Waals surface area contributed by atoms with Gasteiger partial charge in [-0.15, -0.1) is 0 Å². The Morgan fingerprint density at radius 2 is 2.22 bits per heavy atom. The summed E-state index contributed by atoms with van der Waals surface area (Å²) in [6.07, 6.45) is -4.36. The van der Waals surface area contributed by atoms with E-state index in [0.717, 1.165) is 25.0 Å². The van der Waals surface area contributed by atoms with Crippen LogP contribution in [0.15, 0.2) is 24.3 Å². The van der Waals surface area contributed by atoms with E-state index in [1.165, 1.54) is 12.1 Å². The fourth-order valence-corrected chi connectivity index (χ4v) is 2.48. The summed E-state index contributed by atoms with van der Waals surface area (Å²) in [7, 11) is 0. The minimum atomic E-state index is -4.47. The highest BCUT2D eigenvalue weighted by Crippen LogP contribution is 2.31. The van der Waals surface area contributed by atoms with E-state index in [9.17, 15) is 23.1 Å². The molecule has 0 aromatic heterocycles. The number of hydrogen-bond donors (Lipinski definition) is 2. The minimum absolute atomic E-state index is 0.00621. The van der Waals surface area contributed by atoms with E-state index in [1.807, 2.05) is 0 Å². The molecule has 1 aliphatic heterocycles. The number of halogens is 3. The summed E-state index contributed by atoms with van der Waals surface area (Å²) in [6, 6.07) is 4.37. The van der Waals surface area contributed by atoms with E-state index in [4.69, 9.17) is 14.2 Å². The molecule has 1 fully saturated rings. The van der Waals surface area contributed by atoms with Gasteiger partial charge in [-0.2, -0.15) is 13.2 Å². The van der Waals surface area contributed by atoms with Crippen LogP contribution in [-0.4, -0.2) is 55.7 Å². The highest BCUT2D eigenvalue weighted by Gasteiger charge is 2.30. The van der Waals surface area contributed by atoms with Gasteiger partial charge in [-0.25, -0.2) is 0 Å². The number of amides is 1. The number of rotatable bonds is 9. The standard InChI is InChI=1S/C18H24F3NO5/c1-12(26-11-16-6-3-7-25-16)17(24)22-9-14(23)10-27-15-5-2-4-13(8-15)18(19,20)21/h2,4-5,8,12,14,16,23H,3,6-7,9-11H2,1H3,(H,22,24). The summed E-state index contributed by atoms with van der Waals surface area (Å²) in [4.78, 5) is 11.9. The van der Waals surface area contributed by atoms with Crippen LogP contribution >= 0.6 is 0 Å². The first-order valence-corrected chi connectivity index (χ1v) is 8.74. The zero-order valence-electron chi connectivity index (χ0n) is 15.0. The van der Waals surface area contributed by atoms with Gasteiger partial charge in [0.05, 0.1) is 18.3 Å². The van der Waals surface area contributed by atoms with Crippen molar-refractivity contribution in [3.05, 3.63) is 29.8 Å². The molecule has 0 bridgehead atoms. The summed E-state index contributed by atoms with van der Waals surface area (Å²) in [5, 5.41) is 12.4. The predicted molar refractivity (Wildman–Crippen MR) is 90.3 cm³/mol. The quantitative estimate of drug-likeness (QED) is 0.675. The van der Waals surface area contributed by atoms with Crippen molar-refractivity contribution < 1.29 is 37.3 Å². The van der Waals surface area contributed by atoms with Crippen LogP contribution < -0.4 is 10.1 Å². The number of aliphatic hydroxyl groups is 1. The van der Waals surface area contributed by atoms with Crippen molar-refractivity contribution >= 4 is 5.91 Å². The van der Waals surface area contributed by atoms with Crippen LogP contribution in [0, 0.1) is 0 Å². The molecule has 1 aromatic rings. The molecule has 3 unspecified atom stereocenters. The fourth-order valence-electron chi connectivity index (χ4n) is 2.48. The summed E-state index contributed by atoms with van der Waals surface area (Å²) in [5.41, 5.74) is -0.833. The Morgan fingerprint density at radius 3 is 2.89 bits per heavy atom. The van der Waals surface area contributed by atoms with Crippen molar-refractivity contribution in [3.8, 4) is 5.75 Å². The first kappa shape index (κ1) is 21.5. The van der Waals surface area contributed by atoms with Gasteiger partial charge in [0, 0.05) is 13.2 Å². The van der Waals surface area contributed by atoms with E-state index in [0.29, 0.717) is 13.2 Å². The Kier molecular flexibility index (Phi) is 7.88. The molecule has 1 amide bonds. The molecule has 1 aliphatic rings. The van der Waals surface area contributed by atoms with Crippen molar-refractivity contribution in [2.24, 2.45) is 0 Å². The Labute approximate surface area is 155 Å². The number of carbonyl (C=O) groups is 1. The van der Waals surface area contributed by atoms with Crippen molar-refractivity contribution in [2.45, 2.75) is 44.3 Å². The molecular formula is C18H24F3NO5. The number of benzene rings is 1. The van der Waals surface area contributed by atoms with Crippen LogP contribution in [0.1, 0.15) is 25.3 Å². The molecule has 1 saturated heterocycles. The minimum Gasteiger partial charge on any atom is -0.491 e. The molecule has 6 nitrogen and oxygen atoms in total. The summed E-state index contributed by atoms with van der Waals surface area (Å²) in [6.45, 7) is 2.26. The molecule has 3 atom stereocenters. The second-order valence-electron chi connectivity index (χ2n) is 6.35. The molecule has 1 aromatic carbocycles. The van der Waals surface area contributed by atoms with Crippen molar-refractivity contribution in [1.29, 1.82) is 0 Å².